The molecule has 3 nitrogen and oxygen atoms in total. The molecular formula is C20H30O3. The van der Waals surface area contributed by atoms with E-state index in [1.165, 1.54) is 49.7 Å². The van der Waals surface area contributed by atoms with Gasteiger partial charge in [-0.15, -0.1) is 0 Å². The topological polar surface area (TPSA) is 43.4 Å². The molecule has 0 N–H and O–H groups in total. The van der Waals surface area contributed by atoms with E-state index in [0.717, 1.165) is 24.8 Å². The lowest BCUT2D eigenvalue weighted by Gasteiger charge is -2.04. The second kappa shape index (κ2) is 11.9. The van der Waals surface area contributed by atoms with E-state index >= 15 is 0 Å². The van der Waals surface area contributed by atoms with Gasteiger partial charge in [0.1, 0.15) is 0 Å². The third-order valence-corrected chi connectivity index (χ3v) is 4.16. The highest BCUT2D eigenvalue weighted by Crippen LogP contribution is 2.23. The molecule has 2 rings (SSSR count). The Morgan fingerprint density at radius 3 is 2.48 bits per heavy atom. The molecule has 3 heteroatoms. The monoisotopic (exact) mass is 318 g/mol. The summed E-state index contributed by atoms with van der Waals surface area (Å²) in [6.45, 7) is 4.88. The quantitative estimate of drug-likeness (QED) is 0.369. The predicted molar refractivity (Wildman–Crippen MR) is 93.9 cm³/mol. The second-order valence-corrected chi connectivity index (χ2v) is 5.98. The molecule has 0 saturated heterocycles. The molecule has 0 amide bonds. The van der Waals surface area contributed by atoms with E-state index in [4.69, 9.17) is 0 Å². The van der Waals surface area contributed by atoms with E-state index in [9.17, 15) is 9.59 Å². The lowest BCUT2D eigenvalue weighted by atomic mass is 10.00. The highest BCUT2D eigenvalue weighted by molar-refractivity contribution is 5.96. The van der Waals surface area contributed by atoms with Gasteiger partial charge in [-0.2, -0.15) is 0 Å². The van der Waals surface area contributed by atoms with Gasteiger partial charge in [-0.1, -0.05) is 44.7 Å². The Morgan fingerprint density at radius 1 is 1.09 bits per heavy atom. The molecule has 0 atom stereocenters. The van der Waals surface area contributed by atoms with Crippen LogP contribution in [0.5, 0.6) is 0 Å². The van der Waals surface area contributed by atoms with Crippen molar-refractivity contribution in [3.05, 3.63) is 34.9 Å². The first-order valence-electron chi connectivity index (χ1n) is 8.93. The van der Waals surface area contributed by atoms with E-state index in [-0.39, 0.29) is 0 Å². The highest BCUT2D eigenvalue weighted by atomic mass is 16.5. The van der Waals surface area contributed by atoms with Crippen LogP contribution in [0.2, 0.25) is 0 Å². The van der Waals surface area contributed by atoms with Gasteiger partial charge in [0.05, 0.1) is 6.61 Å². The average Bonchev–Trinajstić information content (AvgIpc) is 3.03. The number of Topliss-reactive ketones (excluding diaryl/α,β-unsaturated/α-hetero) is 1. The molecular weight excluding hydrogens is 288 g/mol. The van der Waals surface area contributed by atoms with Gasteiger partial charge in [0.2, 0.25) is 0 Å². The van der Waals surface area contributed by atoms with Gasteiger partial charge in [0, 0.05) is 12.0 Å². The number of hydrogen-bond donors (Lipinski definition) is 0. The summed E-state index contributed by atoms with van der Waals surface area (Å²) in [5.74, 6) is 0.334. The SMILES string of the molecule is CCCCCCCC(=O)c1ccc2c(c1)CCC2.CCOC=O. The molecule has 1 aliphatic rings. The van der Waals surface area contributed by atoms with Gasteiger partial charge in [0.25, 0.3) is 6.47 Å². The van der Waals surface area contributed by atoms with Crippen LogP contribution in [-0.2, 0) is 22.4 Å². The third kappa shape index (κ3) is 7.45. The van der Waals surface area contributed by atoms with Crippen molar-refractivity contribution >= 4 is 12.3 Å². The molecule has 0 bridgehead atoms. The zero-order valence-electron chi connectivity index (χ0n) is 14.6. The number of carbonyl (C=O) groups is 2. The van der Waals surface area contributed by atoms with Gasteiger partial charge < -0.3 is 4.74 Å². The fraction of sp³-hybridized carbons (Fsp3) is 0.600. The molecule has 0 spiro atoms. The van der Waals surface area contributed by atoms with E-state index in [1.54, 1.807) is 6.92 Å². The van der Waals surface area contributed by atoms with Crippen molar-refractivity contribution in [2.24, 2.45) is 0 Å². The first-order valence-corrected chi connectivity index (χ1v) is 8.93. The van der Waals surface area contributed by atoms with Crippen molar-refractivity contribution in [3.63, 3.8) is 0 Å². The van der Waals surface area contributed by atoms with E-state index in [0.29, 0.717) is 18.9 Å². The summed E-state index contributed by atoms with van der Waals surface area (Å²) < 4.78 is 4.15. The first kappa shape index (κ1) is 19.4. The van der Waals surface area contributed by atoms with Crippen LogP contribution in [-0.4, -0.2) is 18.9 Å². The minimum Gasteiger partial charge on any atom is -0.468 e. The second-order valence-electron chi connectivity index (χ2n) is 5.98. The number of aryl methyl sites for hydroxylation is 2. The number of benzene rings is 1. The maximum Gasteiger partial charge on any atom is 0.293 e. The Kier molecular flexibility index (Phi) is 10.0. The molecule has 128 valence electrons. The van der Waals surface area contributed by atoms with Crippen molar-refractivity contribution < 1.29 is 14.3 Å². The molecule has 0 radical (unpaired) electrons. The number of fused-ring (bicyclic) bond motifs is 1. The number of ketones is 1. The molecule has 23 heavy (non-hydrogen) atoms. The fourth-order valence-electron chi connectivity index (χ4n) is 2.85. The maximum absolute atomic E-state index is 12.1. The standard InChI is InChI=1S/C17H24O.C3H6O2/c1-2-3-4-5-6-10-17(18)16-12-11-14-8-7-9-15(14)13-16;1-2-5-3-4/h11-13H,2-10H2,1H3;3H,2H2,1H3. The Bertz CT molecular complexity index is 480. The fourth-order valence-corrected chi connectivity index (χ4v) is 2.85. The van der Waals surface area contributed by atoms with Gasteiger partial charge in [-0.3, -0.25) is 9.59 Å². The van der Waals surface area contributed by atoms with Crippen LogP contribution in [0.15, 0.2) is 18.2 Å². The minimum absolute atomic E-state index is 0.334. The molecule has 0 unspecified atom stereocenters. The normalized spacial score (nSPS) is 12.1. The summed E-state index contributed by atoms with van der Waals surface area (Å²) in [4.78, 5) is 21.3. The Labute approximate surface area is 140 Å². The van der Waals surface area contributed by atoms with Crippen molar-refractivity contribution in [1.82, 2.24) is 0 Å². The lowest BCUT2D eigenvalue weighted by molar-refractivity contribution is -0.128. The summed E-state index contributed by atoms with van der Waals surface area (Å²) in [7, 11) is 0. The number of unbranched alkanes of at least 4 members (excludes halogenated alkanes) is 4. The average molecular weight is 318 g/mol. The van der Waals surface area contributed by atoms with Crippen LogP contribution in [0, 0.1) is 0 Å². The predicted octanol–water partition coefficient (Wildman–Crippen LogP) is 4.90. The summed E-state index contributed by atoms with van der Waals surface area (Å²) in [6.07, 6.45) is 10.4. The molecule has 1 aromatic rings. The van der Waals surface area contributed by atoms with E-state index < -0.39 is 0 Å². The zero-order valence-corrected chi connectivity index (χ0v) is 14.6. The molecule has 1 aliphatic carbocycles. The van der Waals surface area contributed by atoms with Gasteiger partial charge in [-0.25, -0.2) is 0 Å². The largest absolute Gasteiger partial charge is 0.468 e. The van der Waals surface area contributed by atoms with Crippen molar-refractivity contribution in [3.8, 4) is 0 Å². The number of ether oxygens (including phenoxy) is 1. The highest BCUT2D eigenvalue weighted by Gasteiger charge is 2.13. The van der Waals surface area contributed by atoms with Gasteiger partial charge >= 0.3 is 0 Å². The van der Waals surface area contributed by atoms with Crippen molar-refractivity contribution in [2.75, 3.05) is 6.61 Å². The van der Waals surface area contributed by atoms with Crippen LogP contribution in [0.4, 0.5) is 0 Å². The van der Waals surface area contributed by atoms with Crippen molar-refractivity contribution in [2.45, 2.75) is 71.6 Å². The summed E-state index contributed by atoms with van der Waals surface area (Å²) in [5.41, 5.74) is 3.80. The van der Waals surface area contributed by atoms with Crippen LogP contribution >= 0.6 is 0 Å². The zero-order chi connectivity index (χ0) is 16.9. The lowest BCUT2D eigenvalue weighted by Crippen LogP contribution is -2.00. The minimum atomic E-state index is 0.334. The molecule has 0 fully saturated rings. The van der Waals surface area contributed by atoms with Crippen molar-refractivity contribution in [1.29, 1.82) is 0 Å². The van der Waals surface area contributed by atoms with Crippen LogP contribution < -0.4 is 0 Å². The van der Waals surface area contributed by atoms with E-state index in [2.05, 4.69) is 23.8 Å². The summed E-state index contributed by atoms with van der Waals surface area (Å²) in [6, 6.07) is 6.32. The summed E-state index contributed by atoms with van der Waals surface area (Å²) in [5, 5.41) is 0. The Hall–Kier alpha value is -1.64. The third-order valence-electron chi connectivity index (χ3n) is 4.16. The van der Waals surface area contributed by atoms with E-state index in [1.807, 2.05) is 6.07 Å². The molecule has 0 aliphatic heterocycles. The van der Waals surface area contributed by atoms with Crippen LogP contribution in [0.25, 0.3) is 0 Å². The van der Waals surface area contributed by atoms with Crippen LogP contribution in [0.1, 0.15) is 80.3 Å². The molecule has 1 aromatic carbocycles. The van der Waals surface area contributed by atoms with Gasteiger partial charge in [0.15, 0.2) is 5.78 Å². The van der Waals surface area contributed by atoms with Crippen LogP contribution in [0.3, 0.4) is 0 Å². The molecule has 0 heterocycles. The Morgan fingerprint density at radius 2 is 1.83 bits per heavy atom. The maximum atomic E-state index is 12.1. The number of rotatable bonds is 9. The molecule has 0 saturated carbocycles. The van der Waals surface area contributed by atoms with Gasteiger partial charge in [-0.05, 0) is 49.8 Å². The number of carbonyl (C=O) groups excluding carboxylic acids is 2. The smallest absolute Gasteiger partial charge is 0.293 e. The summed E-state index contributed by atoms with van der Waals surface area (Å²) >= 11 is 0. The number of hydrogen-bond acceptors (Lipinski definition) is 3. The first-order chi connectivity index (χ1) is 11.2. The molecule has 0 aromatic heterocycles. The Balaban J connectivity index is 0.000000463.